The molecule has 0 aliphatic heterocycles. The molecule has 0 saturated carbocycles. The Bertz CT molecular complexity index is 1080. The fourth-order valence-electron chi connectivity index (χ4n) is 2.25. The lowest BCUT2D eigenvalue weighted by molar-refractivity contribution is 0.363. The van der Waals surface area contributed by atoms with E-state index in [4.69, 9.17) is 16.3 Å². The summed E-state index contributed by atoms with van der Waals surface area (Å²) in [4.78, 5) is 27.1. The smallest absolute Gasteiger partial charge is 0.349 e. The van der Waals surface area contributed by atoms with Gasteiger partial charge >= 0.3 is 5.69 Å². The second-order valence-electron chi connectivity index (χ2n) is 5.13. The van der Waals surface area contributed by atoms with Gasteiger partial charge in [-0.1, -0.05) is 36.4 Å². The number of aromatic nitrogens is 2. The summed E-state index contributed by atoms with van der Waals surface area (Å²) in [6.07, 6.45) is 3.00. The van der Waals surface area contributed by atoms with Gasteiger partial charge in [0.15, 0.2) is 0 Å². The van der Waals surface area contributed by atoms with Gasteiger partial charge in [0.1, 0.15) is 12.4 Å². The van der Waals surface area contributed by atoms with Crippen LogP contribution in [0, 0.1) is 0 Å². The van der Waals surface area contributed by atoms with E-state index in [0.29, 0.717) is 33.8 Å². The summed E-state index contributed by atoms with van der Waals surface area (Å²) in [5.41, 5.74) is -0.0178. The fraction of sp³-hybridized carbons (Fsp3) is 0.0556. The Morgan fingerprint density at radius 3 is 2.80 bits per heavy atom. The van der Waals surface area contributed by atoms with Crippen LogP contribution in [0.1, 0.15) is 5.56 Å². The van der Waals surface area contributed by atoms with Gasteiger partial charge in [0, 0.05) is 0 Å². The standard InChI is InChI=1S/C18H14ClN3O3/c1-2-9-25-16-8-7-12(10-14(16)19)11-20-22-17(23)13-5-3-4-6-15(13)21-18(22)24/h2-8,10-11H,1,9H2,(H,21,24). The minimum atomic E-state index is -0.614. The number of halogens is 1. The highest BCUT2D eigenvalue weighted by atomic mass is 35.5. The van der Waals surface area contributed by atoms with Gasteiger partial charge in [0.05, 0.1) is 22.1 Å². The molecule has 0 bridgehead atoms. The van der Waals surface area contributed by atoms with Crippen LogP contribution in [-0.4, -0.2) is 22.5 Å². The third kappa shape index (κ3) is 3.54. The first-order valence-electron chi connectivity index (χ1n) is 7.42. The maximum Gasteiger partial charge on any atom is 0.349 e. The number of hydrogen-bond donors (Lipinski definition) is 1. The fourth-order valence-corrected chi connectivity index (χ4v) is 2.49. The van der Waals surface area contributed by atoms with Crippen LogP contribution in [0.25, 0.3) is 10.9 Å². The maximum absolute atomic E-state index is 12.4. The minimum Gasteiger partial charge on any atom is -0.488 e. The predicted octanol–water partition coefficient (Wildman–Crippen LogP) is 2.79. The molecule has 3 rings (SSSR count). The van der Waals surface area contributed by atoms with Crippen LogP contribution in [-0.2, 0) is 0 Å². The molecule has 0 unspecified atom stereocenters. The van der Waals surface area contributed by atoms with Crippen molar-refractivity contribution >= 4 is 28.7 Å². The van der Waals surface area contributed by atoms with Gasteiger partial charge in [-0.15, -0.1) is 4.68 Å². The summed E-state index contributed by atoms with van der Waals surface area (Å²) in [5, 5.41) is 4.75. The van der Waals surface area contributed by atoms with E-state index in [1.54, 1.807) is 48.5 Å². The van der Waals surface area contributed by atoms with Crippen LogP contribution in [0.15, 0.2) is 69.8 Å². The highest BCUT2D eigenvalue weighted by Crippen LogP contribution is 2.24. The SMILES string of the molecule is C=CCOc1ccc(C=Nn2c(=O)[nH]c3ccccc3c2=O)cc1Cl. The Kier molecular flexibility index (Phi) is 4.81. The summed E-state index contributed by atoms with van der Waals surface area (Å²) in [6, 6.07) is 11.8. The Morgan fingerprint density at radius 2 is 2.04 bits per heavy atom. The molecule has 0 radical (unpaired) electrons. The van der Waals surface area contributed by atoms with Crippen molar-refractivity contribution in [3.8, 4) is 5.75 Å². The van der Waals surface area contributed by atoms with E-state index in [1.165, 1.54) is 6.21 Å². The molecule has 126 valence electrons. The molecule has 0 amide bonds. The molecule has 6 nitrogen and oxygen atoms in total. The van der Waals surface area contributed by atoms with Crippen LogP contribution < -0.4 is 16.0 Å². The van der Waals surface area contributed by atoms with Crippen LogP contribution in [0.5, 0.6) is 5.75 Å². The number of para-hydroxylation sites is 1. The van der Waals surface area contributed by atoms with E-state index in [1.807, 2.05) is 0 Å². The number of rotatable bonds is 5. The number of hydrogen-bond acceptors (Lipinski definition) is 4. The second-order valence-corrected chi connectivity index (χ2v) is 5.53. The molecule has 3 aromatic rings. The number of ether oxygens (including phenoxy) is 1. The van der Waals surface area contributed by atoms with Crippen molar-refractivity contribution < 1.29 is 4.74 Å². The number of benzene rings is 2. The van der Waals surface area contributed by atoms with Gasteiger partial charge in [0.2, 0.25) is 0 Å². The molecule has 1 aromatic heterocycles. The molecule has 0 spiro atoms. The normalized spacial score (nSPS) is 11.1. The van der Waals surface area contributed by atoms with Crippen LogP contribution in [0.2, 0.25) is 5.02 Å². The Hall–Kier alpha value is -3.12. The van der Waals surface area contributed by atoms with E-state index < -0.39 is 11.2 Å². The molecule has 0 aliphatic rings. The molecule has 2 aromatic carbocycles. The zero-order valence-corrected chi connectivity index (χ0v) is 13.9. The minimum absolute atomic E-state index is 0.342. The van der Waals surface area contributed by atoms with Crippen LogP contribution in [0.3, 0.4) is 0 Å². The lowest BCUT2D eigenvalue weighted by Gasteiger charge is -2.06. The Labute approximate surface area is 147 Å². The predicted molar refractivity (Wildman–Crippen MR) is 99.0 cm³/mol. The molecule has 0 aliphatic carbocycles. The highest BCUT2D eigenvalue weighted by Gasteiger charge is 2.06. The number of nitrogens with one attached hydrogen (secondary N) is 1. The quantitative estimate of drug-likeness (QED) is 0.564. The summed E-state index contributed by atoms with van der Waals surface area (Å²) in [6.45, 7) is 3.91. The summed E-state index contributed by atoms with van der Waals surface area (Å²) < 4.78 is 6.16. The third-order valence-corrected chi connectivity index (χ3v) is 3.71. The van der Waals surface area contributed by atoms with Crippen molar-refractivity contribution in [1.29, 1.82) is 0 Å². The van der Waals surface area contributed by atoms with E-state index in [2.05, 4.69) is 16.7 Å². The van der Waals surface area contributed by atoms with Gasteiger partial charge in [-0.2, -0.15) is 5.10 Å². The van der Waals surface area contributed by atoms with Gasteiger partial charge in [-0.3, -0.25) is 4.79 Å². The Morgan fingerprint density at radius 1 is 1.24 bits per heavy atom. The van der Waals surface area contributed by atoms with Crippen molar-refractivity contribution in [2.75, 3.05) is 6.61 Å². The van der Waals surface area contributed by atoms with Gasteiger partial charge in [-0.25, -0.2) is 4.79 Å². The number of aromatic amines is 1. The van der Waals surface area contributed by atoms with Crippen LogP contribution >= 0.6 is 11.6 Å². The monoisotopic (exact) mass is 355 g/mol. The Balaban J connectivity index is 1.96. The zero-order valence-electron chi connectivity index (χ0n) is 13.1. The number of fused-ring (bicyclic) bond motifs is 1. The average molecular weight is 356 g/mol. The second kappa shape index (κ2) is 7.19. The van der Waals surface area contributed by atoms with Crippen molar-refractivity contribution in [2.24, 2.45) is 5.10 Å². The van der Waals surface area contributed by atoms with E-state index in [0.717, 1.165) is 4.68 Å². The van der Waals surface area contributed by atoms with Crippen molar-refractivity contribution in [1.82, 2.24) is 9.66 Å². The molecule has 0 atom stereocenters. The molecule has 25 heavy (non-hydrogen) atoms. The lowest BCUT2D eigenvalue weighted by Crippen LogP contribution is -2.32. The first kappa shape index (κ1) is 16.7. The molecule has 0 saturated heterocycles. The van der Waals surface area contributed by atoms with Gasteiger partial charge in [-0.05, 0) is 35.9 Å². The first-order chi connectivity index (χ1) is 12.1. The molecule has 1 N–H and O–H groups in total. The van der Waals surface area contributed by atoms with Crippen LogP contribution in [0.4, 0.5) is 0 Å². The highest BCUT2D eigenvalue weighted by molar-refractivity contribution is 6.32. The van der Waals surface area contributed by atoms with Gasteiger partial charge in [0.25, 0.3) is 5.56 Å². The summed E-state index contributed by atoms with van der Waals surface area (Å²) in [7, 11) is 0. The molecule has 1 heterocycles. The molecular weight excluding hydrogens is 342 g/mol. The van der Waals surface area contributed by atoms with E-state index in [9.17, 15) is 9.59 Å². The summed E-state index contributed by atoms with van der Waals surface area (Å²) in [5.74, 6) is 0.513. The zero-order chi connectivity index (χ0) is 17.8. The van der Waals surface area contributed by atoms with E-state index in [-0.39, 0.29) is 0 Å². The largest absolute Gasteiger partial charge is 0.488 e. The van der Waals surface area contributed by atoms with Crippen molar-refractivity contribution in [3.05, 3.63) is 86.5 Å². The number of H-pyrrole nitrogens is 1. The first-order valence-corrected chi connectivity index (χ1v) is 7.79. The molecule has 7 heteroatoms. The van der Waals surface area contributed by atoms with E-state index >= 15 is 0 Å². The third-order valence-electron chi connectivity index (χ3n) is 3.42. The molecule has 0 fully saturated rings. The molecular formula is C18H14ClN3O3. The van der Waals surface area contributed by atoms with Crippen molar-refractivity contribution in [3.63, 3.8) is 0 Å². The average Bonchev–Trinajstić information content (AvgIpc) is 2.61. The lowest BCUT2D eigenvalue weighted by atomic mass is 10.2. The number of nitrogens with zero attached hydrogens (tertiary/aromatic N) is 2. The van der Waals surface area contributed by atoms with Gasteiger partial charge < -0.3 is 9.72 Å². The maximum atomic E-state index is 12.4. The topological polar surface area (TPSA) is 76.5 Å². The van der Waals surface area contributed by atoms with Crippen molar-refractivity contribution in [2.45, 2.75) is 0 Å². The summed E-state index contributed by atoms with van der Waals surface area (Å²) >= 11 is 6.13.